The summed E-state index contributed by atoms with van der Waals surface area (Å²) in [5.41, 5.74) is -0.318. The van der Waals surface area contributed by atoms with Gasteiger partial charge >= 0.3 is 18.1 Å². The molecule has 0 aliphatic carbocycles. The second kappa shape index (κ2) is 9.95. The first kappa shape index (κ1) is 20.0. The van der Waals surface area contributed by atoms with E-state index >= 15 is 0 Å². The number of ether oxygens (including phenoxy) is 2. The molecule has 0 amide bonds. The Labute approximate surface area is 138 Å². The second-order valence-corrected chi connectivity index (χ2v) is 5.28. The number of benzene rings is 1. The average Bonchev–Trinajstić information content (AvgIpc) is 2.54. The third kappa shape index (κ3) is 7.99. The highest BCUT2D eigenvalue weighted by molar-refractivity contribution is 5.77. The molecule has 0 N–H and O–H groups in total. The van der Waals surface area contributed by atoms with Gasteiger partial charge in [0.05, 0.1) is 25.0 Å². The quantitative estimate of drug-likeness (QED) is 0.495. The van der Waals surface area contributed by atoms with Crippen molar-refractivity contribution >= 4 is 11.9 Å². The number of hydrogen-bond donors (Lipinski definition) is 0. The van der Waals surface area contributed by atoms with Gasteiger partial charge in [0, 0.05) is 0 Å². The summed E-state index contributed by atoms with van der Waals surface area (Å²) in [6, 6.07) is 4.35. The van der Waals surface area contributed by atoms with E-state index in [0.717, 1.165) is 31.4 Å². The Morgan fingerprint density at radius 2 is 1.54 bits per heavy atom. The van der Waals surface area contributed by atoms with Crippen LogP contribution in [0.1, 0.15) is 50.2 Å². The van der Waals surface area contributed by atoms with Crippen LogP contribution in [-0.4, -0.2) is 18.5 Å². The molecule has 0 aromatic heterocycles. The van der Waals surface area contributed by atoms with Crippen molar-refractivity contribution in [2.75, 3.05) is 6.61 Å². The molecular formula is C17H21F3O4. The number of alkyl halides is 3. The van der Waals surface area contributed by atoms with E-state index in [0.29, 0.717) is 12.2 Å². The number of carbonyl (C=O) groups excluding carboxylic acids is 2. The van der Waals surface area contributed by atoms with Crippen molar-refractivity contribution in [1.29, 1.82) is 0 Å². The summed E-state index contributed by atoms with van der Waals surface area (Å²) < 4.78 is 47.1. The van der Waals surface area contributed by atoms with Crippen molar-refractivity contribution < 1.29 is 32.2 Å². The smallest absolute Gasteiger partial charge is 0.416 e. The largest absolute Gasteiger partial charge is 0.466 e. The first-order valence-electron chi connectivity index (χ1n) is 7.80. The summed E-state index contributed by atoms with van der Waals surface area (Å²) in [6.07, 6.45) is -1.80. The molecule has 0 spiro atoms. The van der Waals surface area contributed by atoms with Gasteiger partial charge in [-0.15, -0.1) is 0 Å². The van der Waals surface area contributed by atoms with Gasteiger partial charge in [-0.2, -0.15) is 13.2 Å². The fourth-order valence-corrected chi connectivity index (χ4v) is 1.84. The van der Waals surface area contributed by atoms with E-state index in [2.05, 4.69) is 0 Å². The third-order valence-corrected chi connectivity index (χ3v) is 3.23. The van der Waals surface area contributed by atoms with Crippen molar-refractivity contribution in [3.63, 3.8) is 0 Å². The Balaban J connectivity index is 2.25. The monoisotopic (exact) mass is 346 g/mol. The highest BCUT2D eigenvalue weighted by Gasteiger charge is 2.29. The van der Waals surface area contributed by atoms with Crippen molar-refractivity contribution in [1.82, 2.24) is 0 Å². The molecule has 0 unspecified atom stereocenters. The van der Waals surface area contributed by atoms with E-state index in [4.69, 9.17) is 9.47 Å². The summed E-state index contributed by atoms with van der Waals surface area (Å²) in [4.78, 5) is 22.9. The lowest BCUT2D eigenvalue weighted by molar-refractivity contribution is -0.151. The van der Waals surface area contributed by atoms with Crippen LogP contribution >= 0.6 is 0 Å². The number of esters is 2. The molecule has 0 atom stereocenters. The molecule has 0 bridgehead atoms. The van der Waals surface area contributed by atoms with Crippen LogP contribution in [0.2, 0.25) is 0 Å². The molecule has 0 saturated carbocycles. The molecule has 1 rings (SSSR count). The van der Waals surface area contributed by atoms with Gasteiger partial charge in [-0.1, -0.05) is 31.9 Å². The Kier molecular flexibility index (Phi) is 8.29. The lowest BCUT2D eigenvalue weighted by Gasteiger charge is -2.08. The molecule has 0 radical (unpaired) electrons. The van der Waals surface area contributed by atoms with Crippen LogP contribution in [0.15, 0.2) is 24.3 Å². The van der Waals surface area contributed by atoms with Crippen molar-refractivity contribution in [2.45, 2.75) is 51.8 Å². The first-order chi connectivity index (χ1) is 11.3. The fraction of sp³-hybridized carbons (Fsp3) is 0.529. The Morgan fingerprint density at radius 1 is 0.958 bits per heavy atom. The van der Waals surface area contributed by atoms with Gasteiger partial charge < -0.3 is 9.47 Å². The lowest BCUT2D eigenvalue weighted by atomic mass is 10.1. The second-order valence-electron chi connectivity index (χ2n) is 5.28. The summed E-state index contributed by atoms with van der Waals surface area (Å²) in [6.45, 7) is 2.24. The predicted molar refractivity (Wildman–Crippen MR) is 81.0 cm³/mol. The summed E-state index contributed by atoms with van der Waals surface area (Å²) in [7, 11) is 0. The maximum Gasteiger partial charge on any atom is 0.416 e. The molecule has 1 aromatic carbocycles. The summed E-state index contributed by atoms with van der Waals surface area (Å²) in [5, 5.41) is 0. The van der Waals surface area contributed by atoms with Crippen LogP contribution < -0.4 is 0 Å². The van der Waals surface area contributed by atoms with Crippen LogP contribution in [-0.2, 0) is 31.8 Å². The number of rotatable bonds is 9. The van der Waals surface area contributed by atoms with Gasteiger partial charge in [-0.25, -0.2) is 0 Å². The lowest BCUT2D eigenvalue weighted by Crippen LogP contribution is -2.11. The van der Waals surface area contributed by atoms with Gasteiger partial charge in [0.15, 0.2) is 0 Å². The molecule has 0 aliphatic heterocycles. The number of unbranched alkanes of at least 4 members (excludes halogenated alkanes) is 2. The van der Waals surface area contributed by atoms with Gasteiger partial charge in [0.1, 0.15) is 6.61 Å². The number of halogens is 3. The van der Waals surface area contributed by atoms with Crippen LogP contribution in [0.25, 0.3) is 0 Å². The molecule has 0 aliphatic rings. The Bertz CT molecular complexity index is 524. The Hall–Kier alpha value is -2.05. The minimum absolute atomic E-state index is 0.0715. The van der Waals surface area contributed by atoms with Crippen LogP contribution in [0.5, 0.6) is 0 Å². The van der Waals surface area contributed by atoms with E-state index < -0.39 is 23.7 Å². The molecule has 24 heavy (non-hydrogen) atoms. The maximum absolute atomic E-state index is 12.4. The molecule has 0 fully saturated rings. The average molecular weight is 346 g/mol. The first-order valence-corrected chi connectivity index (χ1v) is 7.80. The normalized spacial score (nSPS) is 11.2. The summed E-state index contributed by atoms with van der Waals surface area (Å²) >= 11 is 0. The molecule has 0 heterocycles. The number of hydrogen-bond acceptors (Lipinski definition) is 4. The molecule has 1 aromatic rings. The van der Waals surface area contributed by atoms with E-state index in [9.17, 15) is 22.8 Å². The van der Waals surface area contributed by atoms with Gasteiger partial charge in [0.25, 0.3) is 0 Å². The van der Waals surface area contributed by atoms with Crippen molar-refractivity contribution in [3.8, 4) is 0 Å². The van der Waals surface area contributed by atoms with Crippen molar-refractivity contribution in [2.24, 2.45) is 0 Å². The van der Waals surface area contributed by atoms with Crippen LogP contribution in [0, 0.1) is 0 Å². The highest BCUT2D eigenvalue weighted by atomic mass is 19.4. The van der Waals surface area contributed by atoms with Crippen LogP contribution in [0.3, 0.4) is 0 Å². The molecule has 4 nitrogen and oxygen atoms in total. The minimum atomic E-state index is -4.40. The zero-order valence-corrected chi connectivity index (χ0v) is 13.5. The van der Waals surface area contributed by atoms with E-state index in [-0.39, 0.29) is 19.4 Å². The zero-order valence-electron chi connectivity index (χ0n) is 13.5. The third-order valence-electron chi connectivity index (χ3n) is 3.23. The maximum atomic E-state index is 12.4. The van der Waals surface area contributed by atoms with Gasteiger partial charge in [-0.05, 0) is 24.1 Å². The number of carbonyl (C=O) groups is 2. The molecular weight excluding hydrogens is 325 g/mol. The van der Waals surface area contributed by atoms with E-state index in [1.807, 2.05) is 6.92 Å². The molecule has 134 valence electrons. The topological polar surface area (TPSA) is 52.6 Å². The zero-order chi connectivity index (χ0) is 18.0. The highest BCUT2D eigenvalue weighted by Crippen LogP contribution is 2.29. The van der Waals surface area contributed by atoms with Crippen LogP contribution in [0.4, 0.5) is 13.2 Å². The predicted octanol–water partition coefficient (Wildman–Crippen LogP) is 4.26. The van der Waals surface area contributed by atoms with Gasteiger partial charge in [0.2, 0.25) is 0 Å². The van der Waals surface area contributed by atoms with Gasteiger partial charge in [-0.3, -0.25) is 9.59 Å². The van der Waals surface area contributed by atoms with Crippen molar-refractivity contribution in [3.05, 3.63) is 35.4 Å². The molecule has 7 heteroatoms. The Morgan fingerprint density at radius 3 is 2.08 bits per heavy atom. The van der Waals surface area contributed by atoms with E-state index in [1.165, 1.54) is 12.1 Å². The summed E-state index contributed by atoms with van der Waals surface area (Å²) in [5.74, 6) is -1.06. The standard InChI is InChI=1S/C17H21F3O4/c1-2-3-4-11-23-15(21)9-10-16(22)24-12-13-5-7-14(8-6-13)17(18,19)20/h5-8H,2-4,9-12H2,1H3. The van der Waals surface area contributed by atoms with E-state index in [1.54, 1.807) is 0 Å². The molecule has 0 saturated heterocycles. The fourth-order valence-electron chi connectivity index (χ4n) is 1.84. The minimum Gasteiger partial charge on any atom is -0.466 e. The SMILES string of the molecule is CCCCCOC(=O)CCC(=O)OCc1ccc(C(F)(F)F)cc1.